The van der Waals surface area contributed by atoms with Crippen LogP contribution < -0.4 is 0 Å². The second kappa shape index (κ2) is 6.38. The van der Waals surface area contributed by atoms with Gasteiger partial charge in [-0.2, -0.15) is 0 Å². The van der Waals surface area contributed by atoms with Gasteiger partial charge in [-0.05, 0) is 43.2 Å². The van der Waals surface area contributed by atoms with Gasteiger partial charge in [0, 0.05) is 0 Å². The molecule has 1 N–H and O–H groups in total. The molecule has 1 heteroatoms. The van der Waals surface area contributed by atoms with Crippen LogP contribution in [-0.2, 0) is 5.60 Å². The molecule has 0 heterocycles. The summed E-state index contributed by atoms with van der Waals surface area (Å²) in [5.41, 5.74) is 1.65. The van der Waals surface area contributed by atoms with E-state index in [1.807, 2.05) is 19.9 Å². The van der Waals surface area contributed by atoms with Gasteiger partial charge in [0.1, 0.15) is 0 Å². The van der Waals surface area contributed by atoms with Gasteiger partial charge in [0.05, 0.1) is 5.60 Å². The monoisotopic (exact) mass is 248 g/mol. The Morgan fingerprint density at radius 3 is 2.39 bits per heavy atom. The van der Waals surface area contributed by atoms with Crippen molar-refractivity contribution in [3.05, 3.63) is 35.4 Å². The molecule has 0 amide bonds. The summed E-state index contributed by atoms with van der Waals surface area (Å²) in [6, 6.07) is 8.49. The maximum absolute atomic E-state index is 10.1. The van der Waals surface area contributed by atoms with E-state index < -0.39 is 5.60 Å². The first kappa shape index (κ1) is 15.2. The molecule has 1 aromatic rings. The van der Waals surface area contributed by atoms with Crippen molar-refractivity contribution in [3.8, 4) is 0 Å². The van der Waals surface area contributed by atoms with Crippen LogP contribution in [0.5, 0.6) is 0 Å². The topological polar surface area (TPSA) is 20.2 Å². The van der Waals surface area contributed by atoms with Crippen molar-refractivity contribution < 1.29 is 5.11 Å². The van der Waals surface area contributed by atoms with Crippen LogP contribution >= 0.6 is 0 Å². The third kappa shape index (κ3) is 3.84. The molecule has 0 spiro atoms. The third-order valence-corrected chi connectivity index (χ3v) is 3.95. The molecule has 0 aromatic heterocycles. The Balaban J connectivity index is 3.05. The van der Waals surface area contributed by atoms with Crippen molar-refractivity contribution >= 4 is 0 Å². The summed E-state index contributed by atoms with van der Waals surface area (Å²) in [4.78, 5) is 0. The van der Waals surface area contributed by atoms with Crippen molar-refractivity contribution in [2.45, 2.75) is 65.4 Å². The fourth-order valence-corrected chi connectivity index (χ4v) is 2.53. The Morgan fingerprint density at radius 2 is 1.89 bits per heavy atom. The molecule has 0 radical (unpaired) electrons. The van der Waals surface area contributed by atoms with Gasteiger partial charge in [-0.3, -0.25) is 0 Å². The minimum atomic E-state index is -0.748. The normalized spacial score (nSPS) is 15.4. The molecule has 1 nitrogen and oxygen atoms in total. The van der Waals surface area contributed by atoms with Crippen molar-refractivity contribution in [1.29, 1.82) is 0 Å². The number of hydrogen-bond acceptors (Lipinski definition) is 1. The van der Waals surface area contributed by atoms with Crippen molar-refractivity contribution in [2.75, 3.05) is 0 Å². The molecule has 1 unspecified atom stereocenters. The zero-order valence-electron chi connectivity index (χ0n) is 12.5. The maximum Gasteiger partial charge on any atom is 0.0840 e. The van der Waals surface area contributed by atoms with Crippen LogP contribution in [0.25, 0.3) is 0 Å². The molecule has 1 aromatic carbocycles. The molecular formula is C17H28O. The van der Waals surface area contributed by atoms with Crippen LogP contribution in [0.1, 0.15) is 70.9 Å². The first-order chi connectivity index (χ1) is 8.40. The summed E-state index contributed by atoms with van der Waals surface area (Å²) in [6.07, 6.45) is 3.64. The van der Waals surface area contributed by atoms with E-state index in [1.54, 1.807) is 0 Å². The Kier molecular flexibility index (Phi) is 5.40. The predicted molar refractivity (Wildman–Crippen MR) is 78.8 cm³/mol. The molecule has 0 aliphatic heterocycles. The number of hydrogen-bond donors (Lipinski definition) is 1. The van der Waals surface area contributed by atoms with Gasteiger partial charge in [0.25, 0.3) is 0 Å². The minimum absolute atomic E-state index is 0.613. The maximum atomic E-state index is 10.1. The molecule has 0 saturated heterocycles. The quantitative estimate of drug-likeness (QED) is 0.763. The smallest absolute Gasteiger partial charge is 0.0840 e. The first-order valence-electron chi connectivity index (χ1n) is 7.23. The number of rotatable bonds is 6. The van der Waals surface area contributed by atoms with E-state index in [4.69, 9.17) is 0 Å². The van der Waals surface area contributed by atoms with Crippen molar-refractivity contribution in [2.24, 2.45) is 5.92 Å². The highest BCUT2D eigenvalue weighted by Gasteiger charge is 2.21. The van der Waals surface area contributed by atoms with Gasteiger partial charge in [-0.1, -0.05) is 57.9 Å². The summed E-state index contributed by atoms with van der Waals surface area (Å²) in [5.74, 6) is 1.31. The van der Waals surface area contributed by atoms with Crippen LogP contribution in [0, 0.1) is 5.92 Å². The Labute approximate surface area is 112 Å². The third-order valence-electron chi connectivity index (χ3n) is 3.95. The SMILES string of the molecule is CCC[C@H](c1cccc(C(C)(C)O)c1)C(C)CC. The van der Waals surface area contributed by atoms with Gasteiger partial charge in [0.2, 0.25) is 0 Å². The van der Waals surface area contributed by atoms with Crippen molar-refractivity contribution in [3.63, 3.8) is 0 Å². The fraction of sp³-hybridized carbons (Fsp3) is 0.647. The summed E-state index contributed by atoms with van der Waals surface area (Å²) >= 11 is 0. The van der Waals surface area contributed by atoms with Crippen LogP contribution in [0.3, 0.4) is 0 Å². The lowest BCUT2D eigenvalue weighted by atomic mass is 9.81. The fourth-order valence-electron chi connectivity index (χ4n) is 2.53. The summed E-state index contributed by atoms with van der Waals surface area (Å²) in [7, 11) is 0. The summed E-state index contributed by atoms with van der Waals surface area (Å²) in [6.45, 7) is 10.5. The van der Waals surface area contributed by atoms with E-state index in [0.717, 1.165) is 5.56 Å². The Morgan fingerprint density at radius 1 is 1.22 bits per heavy atom. The van der Waals surface area contributed by atoms with Gasteiger partial charge >= 0.3 is 0 Å². The number of aliphatic hydroxyl groups is 1. The van der Waals surface area contributed by atoms with E-state index in [2.05, 4.69) is 39.0 Å². The lowest BCUT2D eigenvalue weighted by Gasteiger charge is -2.25. The largest absolute Gasteiger partial charge is 0.386 e. The van der Waals surface area contributed by atoms with Gasteiger partial charge in [0.15, 0.2) is 0 Å². The van der Waals surface area contributed by atoms with Gasteiger partial charge in [-0.15, -0.1) is 0 Å². The van der Waals surface area contributed by atoms with E-state index in [0.29, 0.717) is 11.8 Å². The van der Waals surface area contributed by atoms with E-state index in [1.165, 1.54) is 24.8 Å². The van der Waals surface area contributed by atoms with Crippen LogP contribution in [0.15, 0.2) is 24.3 Å². The average Bonchev–Trinajstić information content (AvgIpc) is 2.34. The van der Waals surface area contributed by atoms with Gasteiger partial charge < -0.3 is 5.11 Å². The lowest BCUT2D eigenvalue weighted by Crippen LogP contribution is -2.17. The zero-order valence-corrected chi connectivity index (χ0v) is 12.5. The molecule has 0 aliphatic rings. The molecule has 0 saturated carbocycles. The summed E-state index contributed by atoms with van der Waals surface area (Å²) in [5, 5.41) is 10.1. The second-order valence-electron chi connectivity index (χ2n) is 5.97. The summed E-state index contributed by atoms with van der Waals surface area (Å²) < 4.78 is 0. The molecule has 2 atom stereocenters. The molecule has 102 valence electrons. The Bertz CT molecular complexity index is 362. The van der Waals surface area contributed by atoms with E-state index in [9.17, 15) is 5.11 Å². The van der Waals surface area contributed by atoms with Crippen LogP contribution in [-0.4, -0.2) is 5.11 Å². The average molecular weight is 248 g/mol. The molecule has 18 heavy (non-hydrogen) atoms. The highest BCUT2D eigenvalue weighted by Crippen LogP contribution is 2.33. The van der Waals surface area contributed by atoms with Crippen LogP contribution in [0.2, 0.25) is 0 Å². The lowest BCUT2D eigenvalue weighted by molar-refractivity contribution is 0.0784. The zero-order chi connectivity index (χ0) is 13.8. The van der Waals surface area contributed by atoms with Crippen molar-refractivity contribution in [1.82, 2.24) is 0 Å². The highest BCUT2D eigenvalue weighted by molar-refractivity contribution is 5.30. The van der Waals surface area contributed by atoms with Gasteiger partial charge in [-0.25, -0.2) is 0 Å². The van der Waals surface area contributed by atoms with E-state index >= 15 is 0 Å². The highest BCUT2D eigenvalue weighted by atomic mass is 16.3. The first-order valence-corrected chi connectivity index (χ1v) is 7.23. The molecule has 0 fully saturated rings. The molecular weight excluding hydrogens is 220 g/mol. The molecule has 0 aliphatic carbocycles. The minimum Gasteiger partial charge on any atom is -0.386 e. The molecule has 0 bridgehead atoms. The number of benzene rings is 1. The van der Waals surface area contributed by atoms with E-state index in [-0.39, 0.29) is 0 Å². The predicted octanol–water partition coefficient (Wildman–Crippen LogP) is 4.84. The second-order valence-corrected chi connectivity index (χ2v) is 5.97. The van der Waals surface area contributed by atoms with Crippen LogP contribution in [0.4, 0.5) is 0 Å². The Hall–Kier alpha value is -0.820. The standard InChI is InChI=1S/C17H28O/c1-6-9-16(13(3)7-2)14-10-8-11-15(12-14)17(4,5)18/h8,10-13,16,18H,6-7,9H2,1-5H3/t13?,16-/m0/s1. The molecule has 1 rings (SSSR count).